The molecule has 4 aromatic heterocycles. The molecule has 4 heterocycles. The van der Waals surface area contributed by atoms with E-state index in [2.05, 4.69) is 43.5 Å². The van der Waals surface area contributed by atoms with E-state index in [1.54, 1.807) is 18.6 Å². The second-order valence-corrected chi connectivity index (χ2v) is 11.1. The fourth-order valence-electron chi connectivity index (χ4n) is 5.17. The van der Waals surface area contributed by atoms with E-state index in [1.807, 2.05) is 55.4 Å². The van der Waals surface area contributed by atoms with Crippen LogP contribution < -0.4 is 10.1 Å². The van der Waals surface area contributed by atoms with Crippen LogP contribution in [0.4, 0.5) is 10.1 Å². The number of aromatic nitrogens is 5. The largest absolute Gasteiger partial charge is 0.492 e. The number of amides is 1. The lowest BCUT2D eigenvalue weighted by molar-refractivity contribution is -0.116. The first-order valence-corrected chi connectivity index (χ1v) is 14.7. The van der Waals surface area contributed by atoms with Crippen molar-refractivity contribution in [3.63, 3.8) is 0 Å². The summed E-state index contributed by atoms with van der Waals surface area (Å²) in [6, 6.07) is 16.5. The third-order valence-corrected chi connectivity index (χ3v) is 7.43. The van der Waals surface area contributed by atoms with Crippen LogP contribution in [0.25, 0.3) is 55.6 Å². The summed E-state index contributed by atoms with van der Waals surface area (Å²) in [6.07, 6.45) is 7.43. The Morgan fingerprint density at radius 1 is 0.955 bits per heavy atom. The van der Waals surface area contributed by atoms with Gasteiger partial charge < -0.3 is 19.9 Å². The average molecular weight is 592 g/mol. The van der Waals surface area contributed by atoms with Crippen LogP contribution in [0.5, 0.6) is 5.75 Å². The zero-order valence-electron chi connectivity index (χ0n) is 24.9. The van der Waals surface area contributed by atoms with Crippen LogP contribution in [0.15, 0.2) is 73.2 Å². The smallest absolute Gasteiger partial charge is 0.224 e. The van der Waals surface area contributed by atoms with Gasteiger partial charge in [-0.25, -0.2) is 4.39 Å². The van der Waals surface area contributed by atoms with Gasteiger partial charge in [0.15, 0.2) is 0 Å². The average Bonchev–Trinajstić information content (AvgIpc) is 3.63. The number of unbranched alkanes of at least 4 members (excludes halogenated alkanes) is 1. The van der Waals surface area contributed by atoms with Gasteiger partial charge in [0, 0.05) is 58.8 Å². The molecule has 0 radical (unpaired) electrons. The van der Waals surface area contributed by atoms with E-state index in [1.165, 1.54) is 12.1 Å². The number of fused-ring (bicyclic) bond motifs is 2. The number of aromatic amines is 2. The Labute approximate surface area is 254 Å². The van der Waals surface area contributed by atoms with E-state index in [9.17, 15) is 9.18 Å². The summed E-state index contributed by atoms with van der Waals surface area (Å²) in [7, 11) is 3.92. The van der Waals surface area contributed by atoms with Crippen molar-refractivity contribution in [3.8, 4) is 39.5 Å². The molecule has 0 atom stereocenters. The summed E-state index contributed by atoms with van der Waals surface area (Å²) in [4.78, 5) is 26.7. The summed E-state index contributed by atoms with van der Waals surface area (Å²) in [5, 5.41) is 12.5. The van der Waals surface area contributed by atoms with Gasteiger partial charge in [0.2, 0.25) is 5.91 Å². The number of nitrogens with one attached hydrogen (secondary N) is 3. The number of likely N-dealkylation sites (N-methyl/N-ethyl adjacent to an activating group) is 1. The number of nitrogens with zero attached hydrogens (tertiary/aromatic N) is 4. The number of carbonyl (C=O) groups excluding carboxylic acids is 1. The third-order valence-electron chi connectivity index (χ3n) is 7.43. The summed E-state index contributed by atoms with van der Waals surface area (Å²) in [6.45, 7) is 3.23. The monoisotopic (exact) mass is 591 g/mol. The van der Waals surface area contributed by atoms with Crippen LogP contribution >= 0.6 is 0 Å². The number of carbonyl (C=O) groups is 1. The first-order chi connectivity index (χ1) is 21.4. The molecule has 2 aromatic carbocycles. The molecular weight excluding hydrogens is 557 g/mol. The number of hydrogen-bond donors (Lipinski definition) is 3. The van der Waals surface area contributed by atoms with Crippen molar-refractivity contribution < 1.29 is 13.9 Å². The summed E-state index contributed by atoms with van der Waals surface area (Å²) >= 11 is 0. The van der Waals surface area contributed by atoms with Crippen molar-refractivity contribution in [1.82, 2.24) is 30.0 Å². The van der Waals surface area contributed by atoms with Crippen molar-refractivity contribution in [2.24, 2.45) is 0 Å². The lowest BCUT2D eigenvalue weighted by Gasteiger charge is -2.12. The Kier molecular flexibility index (Phi) is 8.33. The highest BCUT2D eigenvalue weighted by molar-refractivity contribution is 6.01. The number of pyridine rings is 2. The van der Waals surface area contributed by atoms with Gasteiger partial charge in [0.1, 0.15) is 23.9 Å². The van der Waals surface area contributed by atoms with E-state index in [0.717, 1.165) is 63.7 Å². The molecule has 0 spiro atoms. The number of H-pyrrole nitrogens is 2. The highest BCUT2D eigenvalue weighted by atomic mass is 19.1. The number of halogens is 1. The molecule has 0 bridgehead atoms. The second kappa shape index (κ2) is 12.6. The van der Waals surface area contributed by atoms with Crippen LogP contribution in [-0.4, -0.2) is 63.2 Å². The quantitative estimate of drug-likeness (QED) is 0.149. The van der Waals surface area contributed by atoms with Gasteiger partial charge in [0.25, 0.3) is 0 Å². The molecule has 0 saturated carbocycles. The Balaban J connectivity index is 1.33. The lowest BCUT2D eigenvalue weighted by atomic mass is 10.0. The molecule has 224 valence electrons. The Hall–Kier alpha value is -5.09. The van der Waals surface area contributed by atoms with E-state index in [-0.39, 0.29) is 11.7 Å². The maximum atomic E-state index is 14.7. The van der Waals surface area contributed by atoms with Crippen molar-refractivity contribution >= 4 is 33.4 Å². The molecule has 3 N–H and O–H groups in total. The molecular formula is C34H34FN7O2. The highest BCUT2D eigenvalue weighted by Gasteiger charge is 2.16. The summed E-state index contributed by atoms with van der Waals surface area (Å²) in [5.41, 5.74) is 7.03. The van der Waals surface area contributed by atoms with E-state index >= 15 is 0 Å². The number of rotatable bonds is 11. The third kappa shape index (κ3) is 6.30. The van der Waals surface area contributed by atoms with Gasteiger partial charge in [-0.3, -0.25) is 19.9 Å². The minimum atomic E-state index is -0.387. The van der Waals surface area contributed by atoms with Gasteiger partial charge >= 0.3 is 0 Å². The maximum Gasteiger partial charge on any atom is 0.224 e. The SMILES string of the molecule is CCCCC(=O)Nc1cncc(-c2ccc3[nH]nc(-c4cc5c(-c6cc(F)cc(OCCN(C)C)c6)nccc5[nH]4)c3c2)c1. The second-order valence-electron chi connectivity index (χ2n) is 11.1. The first kappa shape index (κ1) is 29.0. The molecule has 10 heteroatoms. The Bertz CT molecular complexity index is 1950. The molecule has 0 unspecified atom stereocenters. The van der Waals surface area contributed by atoms with E-state index < -0.39 is 0 Å². The van der Waals surface area contributed by atoms with Gasteiger partial charge in [0.05, 0.1) is 28.8 Å². The zero-order valence-corrected chi connectivity index (χ0v) is 24.9. The van der Waals surface area contributed by atoms with Gasteiger partial charge in [-0.05, 0) is 68.5 Å². The van der Waals surface area contributed by atoms with Crippen molar-refractivity contribution in [2.75, 3.05) is 32.6 Å². The van der Waals surface area contributed by atoms with Crippen LogP contribution in [0.3, 0.4) is 0 Å². The summed E-state index contributed by atoms with van der Waals surface area (Å²) in [5.74, 6) is 0.0560. The predicted octanol–water partition coefficient (Wildman–Crippen LogP) is 7.04. The molecule has 6 aromatic rings. The molecule has 0 saturated heterocycles. The molecule has 44 heavy (non-hydrogen) atoms. The number of hydrogen-bond acceptors (Lipinski definition) is 6. The van der Waals surface area contributed by atoms with Gasteiger partial charge in [-0.2, -0.15) is 5.10 Å². The maximum absolute atomic E-state index is 14.7. The number of ether oxygens (including phenoxy) is 1. The predicted molar refractivity (Wildman–Crippen MR) is 172 cm³/mol. The van der Waals surface area contributed by atoms with E-state index in [0.29, 0.717) is 35.7 Å². The van der Waals surface area contributed by atoms with Crippen LogP contribution in [-0.2, 0) is 4.79 Å². The van der Waals surface area contributed by atoms with Crippen LogP contribution in [0.2, 0.25) is 0 Å². The highest BCUT2D eigenvalue weighted by Crippen LogP contribution is 2.35. The van der Waals surface area contributed by atoms with Crippen LogP contribution in [0.1, 0.15) is 26.2 Å². The normalized spacial score (nSPS) is 11.5. The molecule has 0 aliphatic carbocycles. The first-order valence-electron chi connectivity index (χ1n) is 14.7. The molecule has 0 aliphatic rings. The number of benzene rings is 2. The fraction of sp³-hybridized carbons (Fsp3) is 0.235. The van der Waals surface area contributed by atoms with Crippen molar-refractivity contribution in [2.45, 2.75) is 26.2 Å². The minimum absolute atomic E-state index is 0.0163. The standard InChI is InChI=1S/C34H34FN7O2/c1-4-5-6-32(43)38-25-14-23(19-36-20-25)21-7-8-30-27(16-21)34(41-40-30)31-18-28-29(39-31)9-10-37-33(28)22-13-24(35)17-26(15-22)44-12-11-42(2)3/h7-10,13-20,39H,4-6,11-12H2,1-3H3,(H,38,43)(H,40,41). The zero-order chi connectivity index (χ0) is 30.6. The van der Waals surface area contributed by atoms with Gasteiger partial charge in [-0.1, -0.05) is 19.4 Å². The van der Waals surface area contributed by atoms with Gasteiger partial charge in [-0.15, -0.1) is 0 Å². The molecule has 1 amide bonds. The Morgan fingerprint density at radius 2 is 1.82 bits per heavy atom. The topological polar surface area (TPSA) is 112 Å². The molecule has 9 nitrogen and oxygen atoms in total. The lowest BCUT2D eigenvalue weighted by Crippen LogP contribution is -2.19. The molecule has 6 rings (SSSR count). The fourth-order valence-corrected chi connectivity index (χ4v) is 5.17. The minimum Gasteiger partial charge on any atom is -0.492 e. The number of anilines is 1. The Morgan fingerprint density at radius 3 is 2.66 bits per heavy atom. The van der Waals surface area contributed by atoms with Crippen molar-refractivity contribution in [1.29, 1.82) is 0 Å². The molecule has 0 aliphatic heterocycles. The summed E-state index contributed by atoms with van der Waals surface area (Å²) < 4.78 is 20.5. The molecule has 0 fully saturated rings. The van der Waals surface area contributed by atoms with E-state index in [4.69, 9.17) is 4.74 Å². The van der Waals surface area contributed by atoms with Crippen molar-refractivity contribution in [3.05, 3.63) is 79.0 Å². The van der Waals surface area contributed by atoms with Crippen LogP contribution in [0, 0.1) is 5.82 Å².